The zero-order valence-electron chi connectivity index (χ0n) is 22.5. The maximum Gasteiger partial charge on any atom is 0.433 e. The van der Waals surface area contributed by atoms with Crippen LogP contribution >= 0.6 is 23.2 Å². The van der Waals surface area contributed by atoms with Crippen molar-refractivity contribution >= 4 is 29.1 Å². The zero-order valence-corrected chi connectivity index (χ0v) is 24.1. The molecule has 2 aromatic carbocycles. The summed E-state index contributed by atoms with van der Waals surface area (Å²) in [5.74, 6) is -0.185. The molecule has 0 radical (unpaired) electrons. The number of amides is 1. The molecule has 43 heavy (non-hydrogen) atoms. The van der Waals surface area contributed by atoms with Gasteiger partial charge in [-0.3, -0.25) is 4.79 Å². The quantitative estimate of drug-likeness (QED) is 0.180. The SMILES string of the molecule is CC(C)c1onc(-c2c(Cl)cccc2Cl)c1COc1ccc(CNC(=O)c2ccc(-c3nn[nH]n3)cc2)c(C(F)(F)F)n1. The van der Waals surface area contributed by atoms with Gasteiger partial charge in [-0.15, -0.1) is 10.2 Å². The van der Waals surface area contributed by atoms with Gasteiger partial charge < -0.3 is 14.6 Å². The van der Waals surface area contributed by atoms with Crippen LogP contribution in [0.1, 0.15) is 52.7 Å². The minimum atomic E-state index is -4.82. The number of nitrogens with zero attached hydrogens (tertiary/aromatic N) is 5. The van der Waals surface area contributed by atoms with E-state index in [-0.39, 0.29) is 29.5 Å². The van der Waals surface area contributed by atoms with Crippen LogP contribution in [0.15, 0.2) is 59.1 Å². The molecule has 5 rings (SSSR count). The van der Waals surface area contributed by atoms with Gasteiger partial charge in [0.15, 0.2) is 5.69 Å². The maximum atomic E-state index is 14.0. The molecule has 222 valence electrons. The van der Waals surface area contributed by atoms with Crippen LogP contribution in [0.2, 0.25) is 10.0 Å². The lowest BCUT2D eigenvalue weighted by Gasteiger charge is -2.15. The van der Waals surface area contributed by atoms with E-state index >= 15 is 0 Å². The van der Waals surface area contributed by atoms with Crippen molar-refractivity contribution in [2.45, 2.75) is 39.1 Å². The number of benzene rings is 2. The smallest absolute Gasteiger partial charge is 0.433 e. The second kappa shape index (κ2) is 12.4. The van der Waals surface area contributed by atoms with Gasteiger partial charge >= 0.3 is 6.18 Å². The second-order valence-corrected chi connectivity index (χ2v) is 10.4. The predicted molar refractivity (Wildman–Crippen MR) is 150 cm³/mol. The summed E-state index contributed by atoms with van der Waals surface area (Å²) in [6, 6.07) is 13.6. The highest BCUT2D eigenvalue weighted by Crippen LogP contribution is 2.39. The Hall–Kier alpha value is -4.49. The summed E-state index contributed by atoms with van der Waals surface area (Å²) >= 11 is 12.7. The fourth-order valence-electron chi connectivity index (χ4n) is 4.25. The van der Waals surface area contributed by atoms with E-state index in [9.17, 15) is 18.0 Å². The van der Waals surface area contributed by atoms with Crippen LogP contribution in [0.4, 0.5) is 13.2 Å². The molecular formula is C28H22Cl2F3N7O3. The van der Waals surface area contributed by atoms with Crippen LogP contribution in [-0.4, -0.2) is 36.7 Å². The molecular weight excluding hydrogens is 610 g/mol. The molecule has 0 aliphatic heterocycles. The van der Waals surface area contributed by atoms with Crippen molar-refractivity contribution in [1.82, 2.24) is 36.1 Å². The fraction of sp³-hybridized carbons (Fsp3) is 0.214. The summed E-state index contributed by atoms with van der Waals surface area (Å²) < 4.78 is 53.3. The molecule has 0 saturated heterocycles. The standard InChI is InChI=1S/C28H22Cl2F3N7O3/c1-14(2)24-18(23(38-43-24)22-19(29)4-3-5-20(22)30)13-42-21-11-10-17(25(35-21)28(31,32)33)12-34-27(41)16-8-6-15(7-9-16)26-36-39-40-37-26/h3-11,14H,12-13H2,1-2H3,(H,34,41)(H,36,37,39,40). The van der Waals surface area contributed by atoms with Crippen molar-refractivity contribution in [3.63, 3.8) is 0 Å². The number of aromatic nitrogens is 6. The monoisotopic (exact) mass is 631 g/mol. The summed E-state index contributed by atoms with van der Waals surface area (Å²) in [5.41, 5.74) is 0.618. The summed E-state index contributed by atoms with van der Waals surface area (Å²) in [4.78, 5) is 16.4. The molecule has 1 amide bonds. The number of hydrogen-bond donors (Lipinski definition) is 2. The third-order valence-electron chi connectivity index (χ3n) is 6.32. The molecule has 10 nitrogen and oxygen atoms in total. The van der Waals surface area contributed by atoms with Crippen molar-refractivity contribution in [2.75, 3.05) is 0 Å². The molecule has 0 unspecified atom stereocenters. The first kappa shape index (κ1) is 30.0. The molecule has 3 aromatic heterocycles. The molecule has 3 heterocycles. The minimum absolute atomic E-state index is 0.124. The van der Waals surface area contributed by atoms with Gasteiger partial charge in [-0.1, -0.05) is 60.4 Å². The zero-order chi connectivity index (χ0) is 30.7. The third-order valence-corrected chi connectivity index (χ3v) is 6.95. The maximum absolute atomic E-state index is 14.0. The molecule has 5 aromatic rings. The molecule has 0 bridgehead atoms. The number of aromatic amines is 1. The number of halogens is 5. The van der Waals surface area contributed by atoms with Gasteiger partial charge in [0, 0.05) is 40.8 Å². The van der Waals surface area contributed by atoms with Crippen molar-refractivity contribution in [2.24, 2.45) is 0 Å². The Morgan fingerprint density at radius 2 is 1.79 bits per heavy atom. The number of pyridine rings is 1. The van der Waals surface area contributed by atoms with E-state index in [2.05, 4.69) is 36.1 Å². The van der Waals surface area contributed by atoms with E-state index in [1.807, 2.05) is 13.8 Å². The molecule has 2 N–H and O–H groups in total. The predicted octanol–water partition coefficient (Wildman–Crippen LogP) is 6.87. The number of ether oxygens (including phenoxy) is 1. The number of H-pyrrole nitrogens is 1. The minimum Gasteiger partial charge on any atom is -0.473 e. The Kier molecular flexibility index (Phi) is 8.64. The van der Waals surface area contributed by atoms with E-state index in [1.165, 1.54) is 24.3 Å². The average Bonchev–Trinajstić information content (AvgIpc) is 3.66. The highest BCUT2D eigenvalue weighted by atomic mass is 35.5. The molecule has 0 saturated carbocycles. The second-order valence-electron chi connectivity index (χ2n) is 9.56. The van der Waals surface area contributed by atoms with E-state index in [0.717, 1.165) is 0 Å². The molecule has 0 aliphatic rings. The lowest BCUT2D eigenvalue weighted by Crippen LogP contribution is -2.25. The van der Waals surface area contributed by atoms with E-state index in [4.69, 9.17) is 32.5 Å². The number of alkyl halides is 3. The fourth-order valence-corrected chi connectivity index (χ4v) is 4.83. The van der Waals surface area contributed by atoms with Crippen molar-refractivity contribution in [3.8, 4) is 28.5 Å². The van der Waals surface area contributed by atoms with Gasteiger partial charge in [-0.25, -0.2) is 4.98 Å². The molecule has 15 heteroatoms. The Labute approximate surface area is 252 Å². The highest BCUT2D eigenvalue weighted by Gasteiger charge is 2.36. The van der Waals surface area contributed by atoms with E-state index in [1.54, 1.807) is 30.3 Å². The van der Waals surface area contributed by atoms with Crippen LogP contribution in [-0.2, 0) is 19.3 Å². The van der Waals surface area contributed by atoms with Gasteiger partial charge in [0.05, 0.1) is 15.6 Å². The van der Waals surface area contributed by atoms with E-state index in [0.29, 0.717) is 44.0 Å². The van der Waals surface area contributed by atoms with Crippen molar-refractivity contribution in [3.05, 3.63) is 92.8 Å². The Morgan fingerprint density at radius 1 is 1.07 bits per heavy atom. The number of nitrogens with one attached hydrogen (secondary N) is 2. The average molecular weight is 632 g/mol. The molecule has 0 aliphatic carbocycles. The molecule has 0 spiro atoms. The van der Waals surface area contributed by atoms with Gasteiger partial charge in [-0.2, -0.15) is 18.4 Å². The van der Waals surface area contributed by atoms with Crippen LogP contribution < -0.4 is 10.1 Å². The molecule has 0 fully saturated rings. The summed E-state index contributed by atoms with van der Waals surface area (Å²) in [6.07, 6.45) is -4.82. The lowest BCUT2D eigenvalue weighted by atomic mass is 10.0. The van der Waals surface area contributed by atoms with Crippen LogP contribution in [0.25, 0.3) is 22.6 Å². The Morgan fingerprint density at radius 3 is 2.42 bits per heavy atom. The normalized spacial score (nSPS) is 11.6. The van der Waals surface area contributed by atoms with Gasteiger partial charge in [0.1, 0.15) is 18.1 Å². The first-order valence-electron chi connectivity index (χ1n) is 12.8. The number of carbonyl (C=O) groups is 1. The van der Waals surface area contributed by atoms with Crippen molar-refractivity contribution in [1.29, 1.82) is 0 Å². The summed E-state index contributed by atoms with van der Waals surface area (Å²) in [7, 11) is 0. The first-order valence-corrected chi connectivity index (χ1v) is 13.5. The van der Waals surface area contributed by atoms with Crippen LogP contribution in [0.5, 0.6) is 5.88 Å². The lowest BCUT2D eigenvalue weighted by molar-refractivity contribution is -0.142. The third kappa shape index (κ3) is 6.62. The number of tetrazole rings is 1. The van der Waals surface area contributed by atoms with E-state index < -0.39 is 24.3 Å². The van der Waals surface area contributed by atoms with Crippen molar-refractivity contribution < 1.29 is 27.2 Å². The summed E-state index contributed by atoms with van der Waals surface area (Å²) in [5, 5.41) is 20.8. The first-order chi connectivity index (χ1) is 20.5. The van der Waals surface area contributed by atoms with Gasteiger partial charge in [0.2, 0.25) is 11.7 Å². The topological polar surface area (TPSA) is 132 Å². The van der Waals surface area contributed by atoms with Crippen LogP contribution in [0.3, 0.4) is 0 Å². The van der Waals surface area contributed by atoms with Gasteiger partial charge in [0.25, 0.3) is 5.91 Å². The molecule has 0 atom stereocenters. The number of rotatable bonds is 9. The summed E-state index contributed by atoms with van der Waals surface area (Å²) in [6.45, 7) is 3.10. The van der Waals surface area contributed by atoms with Gasteiger partial charge in [-0.05, 0) is 35.5 Å². The number of hydrogen-bond acceptors (Lipinski definition) is 8. The number of carbonyl (C=O) groups excluding carboxylic acids is 1. The van der Waals surface area contributed by atoms with Crippen LogP contribution in [0, 0.1) is 0 Å². The Bertz CT molecular complexity index is 1720. The Balaban J connectivity index is 1.34. The highest BCUT2D eigenvalue weighted by molar-refractivity contribution is 6.39. The largest absolute Gasteiger partial charge is 0.473 e.